The van der Waals surface area contributed by atoms with Crippen molar-refractivity contribution >= 4 is 15.9 Å². The van der Waals surface area contributed by atoms with Crippen LogP contribution in [0.25, 0.3) is 0 Å². The molecular formula is C13H16BrF. The lowest BCUT2D eigenvalue weighted by atomic mass is 9.89. The molecule has 1 aromatic rings. The van der Waals surface area contributed by atoms with E-state index in [1.54, 1.807) is 6.07 Å². The molecule has 3 atom stereocenters. The third kappa shape index (κ3) is 2.10. The molecule has 0 bridgehead atoms. The highest BCUT2D eigenvalue weighted by atomic mass is 79.9. The van der Waals surface area contributed by atoms with E-state index in [-0.39, 0.29) is 5.82 Å². The van der Waals surface area contributed by atoms with Crippen molar-refractivity contribution in [1.82, 2.24) is 0 Å². The molecule has 1 fully saturated rings. The summed E-state index contributed by atoms with van der Waals surface area (Å²) in [6.07, 6.45) is 2.43. The molecule has 0 aromatic heterocycles. The van der Waals surface area contributed by atoms with Crippen molar-refractivity contribution in [3.8, 4) is 0 Å². The zero-order chi connectivity index (χ0) is 11.0. The molecule has 0 aliphatic heterocycles. The Balaban J connectivity index is 2.26. The van der Waals surface area contributed by atoms with Gasteiger partial charge in [-0.1, -0.05) is 35.0 Å². The van der Waals surface area contributed by atoms with Crippen LogP contribution in [-0.2, 0) is 0 Å². The Bertz CT molecular complexity index is 362. The molecule has 3 unspecified atom stereocenters. The Hall–Kier alpha value is -0.370. The lowest BCUT2D eigenvalue weighted by Crippen LogP contribution is -2.09. The summed E-state index contributed by atoms with van der Waals surface area (Å²) in [5.41, 5.74) is 2.06. The number of hydrogen-bond acceptors (Lipinski definition) is 0. The maximum absolute atomic E-state index is 13.2. The highest BCUT2D eigenvalue weighted by Gasteiger charge is 2.31. The molecular weight excluding hydrogens is 255 g/mol. The lowest BCUT2D eigenvalue weighted by Gasteiger charge is -2.18. The van der Waals surface area contributed by atoms with Gasteiger partial charge in [0.15, 0.2) is 0 Å². The summed E-state index contributed by atoms with van der Waals surface area (Å²) >= 11 is 3.70. The molecule has 0 N–H and O–H groups in total. The third-order valence-electron chi connectivity index (χ3n) is 3.57. The molecule has 1 aromatic carbocycles. The van der Waals surface area contributed by atoms with Crippen LogP contribution in [0.1, 0.15) is 36.8 Å². The second-order valence-electron chi connectivity index (χ2n) is 4.57. The van der Waals surface area contributed by atoms with Gasteiger partial charge in [0.05, 0.1) is 0 Å². The first-order chi connectivity index (χ1) is 7.09. The quantitative estimate of drug-likeness (QED) is 0.664. The summed E-state index contributed by atoms with van der Waals surface area (Å²) in [6.45, 7) is 4.11. The van der Waals surface area contributed by atoms with Gasteiger partial charge in [0.1, 0.15) is 5.82 Å². The molecule has 15 heavy (non-hydrogen) atoms. The van der Waals surface area contributed by atoms with Crippen molar-refractivity contribution in [2.24, 2.45) is 5.92 Å². The maximum Gasteiger partial charge on any atom is 0.126 e. The van der Waals surface area contributed by atoms with E-state index < -0.39 is 0 Å². The molecule has 0 radical (unpaired) electrons. The smallest absolute Gasteiger partial charge is 0.126 e. The van der Waals surface area contributed by atoms with Gasteiger partial charge in [0, 0.05) is 4.83 Å². The van der Waals surface area contributed by atoms with Gasteiger partial charge in [0.25, 0.3) is 0 Å². The van der Waals surface area contributed by atoms with E-state index in [1.165, 1.54) is 18.4 Å². The molecule has 2 heteroatoms. The SMILES string of the molecule is Cc1cc(C2CCC(Br)C2C)ccc1F. The summed E-state index contributed by atoms with van der Waals surface area (Å²) in [4.78, 5) is 0.618. The molecule has 1 aliphatic rings. The van der Waals surface area contributed by atoms with Gasteiger partial charge < -0.3 is 0 Å². The van der Waals surface area contributed by atoms with Crippen LogP contribution in [0, 0.1) is 18.7 Å². The van der Waals surface area contributed by atoms with E-state index in [2.05, 4.69) is 22.9 Å². The Morgan fingerprint density at radius 2 is 2.07 bits per heavy atom. The largest absolute Gasteiger partial charge is 0.207 e. The summed E-state index contributed by atoms with van der Waals surface area (Å²) in [6, 6.07) is 5.54. The first-order valence-electron chi connectivity index (χ1n) is 5.49. The average Bonchev–Trinajstić information content (AvgIpc) is 2.53. The van der Waals surface area contributed by atoms with Crippen LogP contribution in [0.5, 0.6) is 0 Å². The topological polar surface area (TPSA) is 0 Å². The highest BCUT2D eigenvalue weighted by molar-refractivity contribution is 9.09. The van der Waals surface area contributed by atoms with Gasteiger partial charge in [-0.2, -0.15) is 0 Å². The predicted molar refractivity (Wildman–Crippen MR) is 65.0 cm³/mol. The minimum absolute atomic E-state index is 0.0974. The van der Waals surface area contributed by atoms with Crippen LogP contribution in [0.4, 0.5) is 4.39 Å². The second-order valence-corrected chi connectivity index (χ2v) is 5.74. The minimum atomic E-state index is -0.0974. The van der Waals surface area contributed by atoms with E-state index >= 15 is 0 Å². The van der Waals surface area contributed by atoms with Gasteiger partial charge in [-0.05, 0) is 48.8 Å². The van der Waals surface area contributed by atoms with E-state index in [0.717, 1.165) is 5.56 Å². The minimum Gasteiger partial charge on any atom is -0.207 e. The summed E-state index contributed by atoms with van der Waals surface area (Å²) in [5, 5.41) is 0. The number of alkyl halides is 1. The van der Waals surface area contributed by atoms with Crippen LogP contribution < -0.4 is 0 Å². The molecule has 2 rings (SSSR count). The standard InChI is InChI=1S/C13H16BrF/c1-8-7-10(3-6-13(8)15)11-4-5-12(14)9(11)2/h3,6-7,9,11-12H,4-5H2,1-2H3. The van der Waals surface area contributed by atoms with Crippen molar-refractivity contribution in [3.63, 3.8) is 0 Å². The fourth-order valence-electron chi connectivity index (χ4n) is 2.49. The van der Waals surface area contributed by atoms with Crippen molar-refractivity contribution in [3.05, 3.63) is 35.1 Å². The molecule has 1 aliphatic carbocycles. The number of rotatable bonds is 1. The van der Waals surface area contributed by atoms with Gasteiger partial charge in [-0.3, -0.25) is 0 Å². The lowest BCUT2D eigenvalue weighted by molar-refractivity contribution is 0.541. The maximum atomic E-state index is 13.2. The summed E-state index contributed by atoms with van der Waals surface area (Å²) in [7, 11) is 0. The van der Waals surface area contributed by atoms with Crippen molar-refractivity contribution < 1.29 is 4.39 Å². The van der Waals surface area contributed by atoms with Gasteiger partial charge >= 0.3 is 0 Å². The highest BCUT2D eigenvalue weighted by Crippen LogP contribution is 2.43. The molecule has 0 amide bonds. The zero-order valence-electron chi connectivity index (χ0n) is 9.13. The van der Waals surface area contributed by atoms with Crippen LogP contribution in [0.3, 0.4) is 0 Å². The van der Waals surface area contributed by atoms with Crippen LogP contribution in [-0.4, -0.2) is 4.83 Å². The molecule has 0 spiro atoms. The van der Waals surface area contributed by atoms with E-state index in [1.807, 2.05) is 19.1 Å². The van der Waals surface area contributed by atoms with E-state index in [4.69, 9.17) is 0 Å². The molecule has 0 heterocycles. The Morgan fingerprint density at radius 1 is 1.33 bits per heavy atom. The summed E-state index contributed by atoms with van der Waals surface area (Å²) in [5.74, 6) is 1.14. The molecule has 1 saturated carbocycles. The Morgan fingerprint density at radius 3 is 2.60 bits per heavy atom. The van der Waals surface area contributed by atoms with E-state index in [9.17, 15) is 4.39 Å². The number of aryl methyl sites for hydroxylation is 1. The molecule has 82 valence electrons. The van der Waals surface area contributed by atoms with Gasteiger partial charge in [0.2, 0.25) is 0 Å². The van der Waals surface area contributed by atoms with Crippen LogP contribution >= 0.6 is 15.9 Å². The number of hydrogen-bond donors (Lipinski definition) is 0. The number of halogens is 2. The first kappa shape index (κ1) is 11.1. The van der Waals surface area contributed by atoms with Crippen molar-refractivity contribution in [2.45, 2.75) is 37.4 Å². The normalized spacial score (nSPS) is 30.8. The Labute approximate surface area is 99.0 Å². The van der Waals surface area contributed by atoms with Gasteiger partial charge in [-0.25, -0.2) is 4.39 Å². The number of benzene rings is 1. The average molecular weight is 271 g/mol. The van der Waals surface area contributed by atoms with Crippen molar-refractivity contribution in [2.75, 3.05) is 0 Å². The fraction of sp³-hybridized carbons (Fsp3) is 0.538. The predicted octanol–water partition coefficient (Wildman–Crippen LogP) is 4.41. The third-order valence-corrected chi connectivity index (χ3v) is 4.86. The molecule has 0 nitrogen and oxygen atoms in total. The second kappa shape index (κ2) is 4.25. The van der Waals surface area contributed by atoms with Crippen molar-refractivity contribution in [1.29, 1.82) is 0 Å². The zero-order valence-corrected chi connectivity index (χ0v) is 10.7. The van der Waals surface area contributed by atoms with Crippen LogP contribution in [0.15, 0.2) is 18.2 Å². The van der Waals surface area contributed by atoms with E-state index in [0.29, 0.717) is 16.7 Å². The first-order valence-corrected chi connectivity index (χ1v) is 6.41. The monoisotopic (exact) mass is 270 g/mol. The van der Waals surface area contributed by atoms with Crippen LogP contribution in [0.2, 0.25) is 0 Å². The fourth-order valence-corrected chi connectivity index (χ4v) is 3.12. The Kier molecular flexibility index (Phi) is 3.15. The summed E-state index contributed by atoms with van der Waals surface area (Å²) < 4.78 is 13.2. The molecule has 0 saturated heterocycles. The van der Waals surface area contributed by atoms with Gasteiger partial charge in [-0.15, -0.1) is 0 Å².